The van der Waals surface area contributed by atoms with Gasteiger partial charge in [0.15, 0.2) is 28.7 Å². The number of hydrogen-bond acceptors (Lipinski definition) is 7. The Bertz CT molecular complexity index is 1020. The summed E-state index contributed by atoms with van der Waals surface area (Å²) in [5, 5.41) is 0. The molecule has 0 spiro atoms. The Hall–Kier alpha value is -2.56. The van der Waals surface area contributed by atoms with Gasteiger partial charge in [-0.1, -0.05) is 13.2 Å². The van der Waals surface area contributed by atoms with Crippen molar-refractivity contribution in [2.75, 3.05) is 5.73 Å². The summed E-state index contributed by atoms with van der Waals surface area (Å²) < 4.78 is 4.68. The normalized spacial score (nSPS) is 9.23. The van der Waals surface area contributed by atoms with Crippen molar-refractivity contribution in [3.8, 4) is 0 Å². The van der Waals surface area contributed by atoms with Crippen LogP contribution in [0.4, 0.5) is 5.95 Å². The van der Waals surface area contributed by atoms with Gasteiger partial charge in [0.25, 0.3) is 0 Å². The second kappa shape index (κ2) is 9.80. The van der Waals surface area contributed by atoms with E-state index in [0.717, 1.165) is 0 Å². The predicted octanol–water partition coefficient (Wildman–Crippen LogP) is -2.37. The Kier molecular flexibility index (Phi) is 9.68. The molecule has 0 aliphatic heterocycles. The van der Waals surface area contributed by atoms with Crippen LogP contribution in [-0.2, 0) is 42.2 Å². The molecule has 3 aromatic rings. The second-order valence-electron chi connectivity index (χ2n) is 5.02. The number of nitrogens with two attached hydrogens (primary N) is 1. The fraction of sp³-hybridized carbons (Fsp3) is 0.308. The zero-order chi connectivity index (χ0) is 17.3. The number of rotatable bonds is 0. The second-order valence-corrected chi connectivity index (χ2v) is 5.02. The summed E-state index contributed by atoms with van der Waals surface area (Å²) in [5.41, 5.74) is 5.58. The van der Waals surface area contributed by atoms with Gasteiger partial charge in [-0.25, -0.2) is 0 Å². The molecule has 0 aromatic carbocycles. The number of anilines is 1. The number of hydrogen-bond donors (Lipinski definition) is 3. The Morgan fingerprint density at radius 2 is 1.65 bits per heavy atom. The molecule has 0 unspecified atom stereocenters. The third kappa shape index (κ3) is 5.22. The maximum absolute atomic E-state index is 11.4. The van der Waals surface area contributed by atoms with E-state index in [1.54, 1.807) is 43.5 Å². The summed E-state index contributed by atoms with van der Waals surface area (Å²) in [5.74, 6) is 0.0132. The van der Waals surface area contributed by atoms with Crippen molar-refractivity contribution in [1.82, 2.24) is 36.4 Å². The molecule has 0 bridgehead atoms. The van der Waals surface area contributed by atoms with Gasteiger partial charge in [-0.15, -0.1) is 0 Å². The number of aromatic nitrogens is 6. The molecule has 0 atom stereocenters. The van der Waals surface area contributed by atoms with Gasteiger partial charge in [0, 0.05) is 5.95 Å². The first-order valence-electron chi connectivity index (χ1n) is 6.57. The summed E-state index contributed by atoms with van der Waals surface area (Å²) in [6.07, 6.45) is 3.22. The van der Waals surface area contributed by atoms with E-state index in [9.17, 15) is 14.4 Å². The first kappa shape index (κ1) is 25.7. The van der Waals surface area contributed by atoms with Crippen LogP contribution in [0.2, 0.25) is 0 Å². The fourth-order valence-electron chi connectivity index (χ4n) is 2.02. The van der Waals surface area contributed by atoms with Crippen LogP contribution < -0.4 is 49.4 Å². The molecule has 0 saturated heterocycles. The molecule has 144 valence electrons. The van der Waals surface area contributed by atoms with E-state index in [4.69, 9.17) is 5.73 Å². The van der Waals surface area contributed by atoms with Crippen molar-refractivity contribution in [2.24, 2.45) is 21.1 Å². The summed E-state index contributed by atoms with van der Waals surface area (Å²) in [7, 11) is 5.12. The third-order valence-corrected chi connectivity index (χ3v) is 3.11. The Balaban J connectivity index is 0. The minimum atomic E-state index is -0.504. The maximum Gasteiger partial charge on any atom is 4.00 e. The summed E-state index contributed by atoms with van der Waals surface area (Å²) in [6, 6.07) is 0. The molecule has 0 amide bonds. The van der Waals surface area contributed by atoms with E-state index in [2.05, 4.69) is 15.0 Å². The van der Waals surface area contributed by atoms with Gasteiger partial charge in [0.1, 0.15) is 0 Å². The standard InChI is InChI=1S/C7H9N5O.C6H8N2O2.2H3N.Pt/c1-11-3-12(2)5-4(11)6(13)10-7(8)9-5;1-4-3-8(2)6(10)7-5(4)9;;;/h3H,1-2H3,(H2-,8,9,10,13);3H,1-2H3,(H,7,9,10);2*1H3;/q;;;;+4/p-1. The first-order chi connectivity index (χ1) is 10.7. The van der Waals surface area contributed by atoms with E-state index in [1.165, 1.54) is 10.8 Å². The fourth-order valence-corrected chi connectivity index (χ4v) is 2.02. The summed E-state index contributed by atoms with van der Waals surface area (Å²) >= 11 is 0. The third-order valence-electron chi connectivity index (χ3n) is 3.11. The van der Waals surface area contributed by atoms with Crippen LogP contribution in [0.25, 0.3) is 11.2 Å². The number of nitrogens with zero attached hydrogens (tertiary/aromatic N) is 6. The van der Waals surface area contributed by atoms with E-state index >= 15 is 0 Å². The van der Waals surface area contributed by atoms with Crippen molar-refractivity contribution in [3.05, 3.63) is 49.3 Å². The molecule has 26 heavy (non-hydrogen) atoms. The van der Waals surface area contributed by atoms with Gasteiger partial charge in [0.05, 0.1) is 14.1 Å². The molecule has 13 heteroatoms. The van der Waals surface area contributed by atoms with Crippen LogP contribution in [0.15, 0.2) is 26.9 Å². The zero-order valence-electron chi connectivity index (χ0n) is 14.9. The molecular weight excluding hydrogens is 525 g/mol. The molecule has 3 rings (SSSR count). The molecule has 3 heterocycles. The van der Waals surface area contributed by atoms with Gasteiger partial charge in [0.2, 0.25) is 5.56 Å². The van der Waals surface area contributed by atoms with E-state index in [1.807, 2.05) is 0 Å². The largest absolute Gasteiger partial charge is 4.00 e. The van der Waals surface area contributed by atoms with Gasteiger partial charge >= 0.3 is 21.1 Å². The number of aryl methyl sites for hydroxylation is 4. The van der Waals surface area contributed by atoms with Crippen molar-refractivity contribution < 1.29 is 25.6 Å². The minimum Gasteiger partial charge on any atom is -0.453 e. The molecule has 12 nitrogen and oxygen atoms in total. The smallest absolute Gasteiger partial charge is 0.453 e. The number of imidazole rings is 1. The first-order valence-corrected chi connectivity index (χ1v) is 6.57. The molecular formula is C13H22N9O3Pt+3. The predicted molar refractivity (Wildman–Crippen MR) is 91.9 cm³/mol. The molecule has 0 aliphatic rings. The molecule has 3 aromatic heterocycles. The SMILES string of the molecule is Cc1cn(C)c(=O)[n-]c1=O.Cn1c[n+](C)c2nc(N)[n-]c(=O)c21.N.N.[Pt+4]. The van der Waals surface area contributed by atoms with E-state index in [0.29, 0.717) is 16.7 Å². The Morgan fingerprint density at radius 1 is 1.08 bits per heavy atom. The molecule has 8 N–H and O–H groups in total. The van der Waals surface area contributed by atoms with Crippen molar-refractivity contribution >= 4 is 17.1 Å². The van der Waals surface area contributed by atoms with Crippen LogP contribution in [-0.4, -0.2) is 14.1 Å². The average Bonchev–Trinajstić information content (AvgIpc) is 2.72. The van der Waals surface area contributed by atoms with Crippen molar-refractivity contribution in [3.63, 3.8) is 0 Å². The Labute approximate surface area is 162 Å². The van der Waals surface area contributed by atoms with Gasteiger partial charge in [-0.05, 0) is 12.5 Å². The van der Waals surface area contributed by atoms with Crippen molar-refractivity contribution in [1.29, 1.82) is 0 Å². The quantitative estimate of drug-likeness (QED) is 0.257. The molecule has 0 fully saturated rings. The van der Waals surface area contributed by atoms with E-state index < -0.39 is 11.2 Å². The summed E-state index contributed by atoms with van der Waals surface area (Å²) in [6.45, 7) is 1.62. The maximum atomic E-state index is 11.4. The van der Waals surface area contributed by atoms with Crippen LogP contribution >= 0.6 is 0 Å². The van der Waals surface area contributed by atoms with Crippen molar-refractivity contribution in [2.45, 2.75) is 6.92 Å². The van der Waals surface area contributed by atoms with Crippen LogP contribution in [0, 0.1) is 6.92 Å². The molecule has 0 saturated carbocycles. The number of nitrogen functional groups attached to an aromatic ring is 1. The average molecular weight is 547 g/mol. The topological polar surface area (TPSA) is 202 Å². The minimum absolute atomic E-state index is 0. The number of fused-ring (bicyclic) bond motifs is 1. The Morgan fingerprint density at radius 3 is 2.19 bits per heavy atom. The monoisotopic (exact) mass is 547 g/mol. The van der Waals surface area contributed by atoms with Gasteiger partial charge in [-0.2, -0.15) is 0 Å². The van der Waals surface area contributed by atoms with Crippen LogP contribution in [0.3, 0.4) is 0 Å². The van der Waals surface area contributed by atoms with E-state index in [-0.39, 0.29) is 44.9 Å². The molecule has 0 radical (unpaired) electrons. The molecule has 0 aliphatic carbocycles. The summed E-state index contributed by atoms with van der Waals surface area (Å²) in [4.78, 5) is 43.4. The van der Waals surface area contributed by atoms with Crippen LogP contribution in [0.1, 0.15) is 5.56 Å². The van der Waals surface area contributed by atoms with Gasteiger partial charge in [-0.3, -0.25) is 23.5 Å². The van der Waals surface area contributed by atoms with Gasteiger partial charge < -0.3 is 37.6 Å². The zero-order valence-corrected chi connectivity index (χ0v) is 17.1. The van der Waals surface area contributed by atoms with Crippen LogP contribution in [0.5, 0.6) is 0 Å².